The molecule has 0 saturated carbocycles. The molecule has 2 nitrogen and oxygen atoms in total. The molecule has 0 radical (unpaired) electrons. The lowest BCUT2D eigenvalue weighted by Crippen LogP contribution is -2.35. The normalized spacial score (nSPS) is 17.8. The lowest BCUT2D eigenvalue weighted by Gasteiger charge is -2.26. The van der Waals surface area contributed by atoms with Crippen molar-refractivity contribution in [3.63, 3.8) is 0 Å². The molecule has 1 amide bonds. The summed E-state index contributed by atoms with van der Waals surface area (Å²) >= 11 is 0. The van der Waals surface area contributed by atoms with E-state index in [9.17, 15) is 4.79 Å². The molecular formula is C14H21NO. The number of rotatable bonds is 4. The third kappa shape index (κ3) is 4.05. The van der Waals surface area contributed by atoms with Gasteiger partial charge >= 0.3 is 0 Å². The van der Waals surface area contributed by atoms with Crippen LogP contribution in [-0.2, 0) is 4.79 Å². The van der Waals surface area contributed by atoms with Gasteiger partial charge in [-0.05, 0) is 31.8 Å². The molecule has 0 aromatic heterocycles. The Hall–Kier alpha value is -1.31. The zero-order valence-electron chi connectivity index (χ0n) is 10.1. The first kappa shape index (κ1) is 12.8. The molecule has 0 atom stereocenters. The molecule has 0 aromatic carbocycles. The Bertz CT molecular complexity index is 296. The monoisotopic (exact) mass is 219 g/mol. The van der Waals surface area contributed by atoms with Crippen molar-refractivity contribution in [1.82, 2.24) is 4.90 Å². The fourth-order valence-corrected chi connectivity index (χ4v) is 1.97. The summed E-state index contributed by atoms with van der Waals surface area (Å²) in [6.45, 7) is 7.48. The Morgan fingerprint density at radius 2 is 2.00 bits per heavy atom. The summed E-state index contributed by atoms with van der Waals surface area (Å²) < 4.78 is 0. The second-order valence-corrected chi connectivity index (χ2v) is 4.10. The molecule has 0 spiro atoms. The van der Waals surface area contributed by atoms with E-state index in [-0.39, 0.29) is 5.91 Å². The molecule has 0 aliphatic carbocycles. The highest BCUT2D eigenvalue weighted by atomic mass is 16.2. The molecule has 0 unspecified atom stereocenters. The minimum Gasteiger partial charge on any atom is -0.342 e. The molecule has 1 saturated heterocycles. The summed E-state index contributed by atoms with van der Waals surface area (Å²) in [4.78, 5) is 14.0. The van der Waals surface area contributed by atoms with Crippen LogP contribution in [0.15, 0.2) is 36.5 Å². The number of nitrogens with zero attached hydrogens (tertiary/aromatic N) is 1. The zero-order chi connectivity index (χ0) is 11.8. The second kappa shape index (κ2) is 7.04. The predicted molar refractivity (Wildman–Crippen MR) is 68.1 cm³/mol. The van der Waals surface area contributed by atoms with Gasteiger partial charge in [0.2, 0.25) is 5.91 Å². The van der Waals surface area contributed by atoms with Gasteiger partial charge in [0.25, 0.3) is 0 Å². The largest absolute Gasteiger partial charge is 0.342 e. The van der Waals surface area contributed by atoms with Crippen LogP contribution < -0.4 is 0 Å². The molecule has 88 valence electrons. The van der Waals surface area contributed by atoms with Crippen molar-refractivity contribution < 1.29 is 4.79 Å². The van der Waals surface area contributed by atoms with Crippen molar-refractivity contribution in [2.24, 2.45) is 0 Å². The summed E-state index contributed by atoms with van der Waals surface area (Å²) in [5.74, 6) is 0.242. The quantitative estimate of drug-likeness (QED) is 0.665. The average molecular weight is 219 g/mol. The van der Waals surface area contributed by atoms with Crippen LogP contribution in [0.1, 0.15) is 32.6 Å². The van der Waals surface area contributed by atoms with Gasteiger partial charge in [-0.3, -0.25) is 4.79 Å². The van der Waals surface area contributed by atoms with E-state index in [1.165, 1.54) is 6.42 Å². The Balaban J connectivity index is 2.53. The maximum atomic E-state index is 12.0. The van der Waals surface area contributed by atoms with Crippen molar-refractivity contribution in [1.29, 1.82) is 0 Å². The first-order valence-electron chi connectivity index (χ1n) is 6.00. The van der Waals surface area contributed by atoms with Crippen LogP contribution in [0.25, 0.3) is 0 Å². The maximum absolute atomic E-state index is 12.0. The minimum absolute atomic E-state index is 0.242. The Morgan fingerprint density at radius 3 is 2.56 bits per heavy atom. The van der Waals surface area contributed by atoms with E-state index in [0.717, 1.165) is 31.5 Å². The van der Waals surface area contributed by atoms with E-state index < -0.39 is 0 Å². The smallest absolute Gasteiger partial charge is 0.226 e. The second-order valence-electron chi connectivity index (χ2n) is 4.10. The van der Waals surface area contributed by atoms with Gasteiger partial charge in [0.15, 0.2) is 0 Å². The SMILES string of the molecule is C=CC=C(C=CC)CC(=O)N1CCCCC1. The highest BCUT2D eigenvalue weighted by molar-refractivity contribution is 5.79. The van der Waals surface area contributed by atoms with E-state index in [4.69, 9.17) is 0 Å². The van der Waals surface area contributed by atoms with E-state index in [0.29, 0.717) is 6.42 Å². The number of allylic oxidation sites excluding steroid dienone is 4. The maximum Gasteiger partial charge on any atom is 0.226 e. The highest BCUT2D eigenvalue weighted by Crippen LogP contribution is 2.13. The minimum atomic E-state index is 0.242. The number of carbonyl (C=O) groups excluding carboxylic acids is 1. The molecule has 1 aliphatic rings. The first-order chi connectivity index (χ1) is 7.77. The number of hydrogen-bond donors (Lipinski definition) is 0. The van der Waals surface area contributed by atoms with E-state index >= 15 is 0 Å². The van der Waals surface area contributed by atoms with E-state index in [1.54, 1.807) is 6.08 Å². The van der Waals surface area contributed by atoms with E-state index in [1.807, 2.05) is 30.1 Å². The van der Waals surface area contributed by atoms with Gasteiger partial charge in [-0.25, -0.2) is 0 Å². The van der Waals surface area contributed by atoms with Crippen molar-refractivity contribution in [3.8, 4) is 0 Å². The van der Waals surface area contributed by atoms with Crippen LogP contribution in [0.3, 0.4) is 0 Å². The van der Waals surface area contributed by atoms with Gasteiger partial charge in [0.05, 0.1) is 6.42 Å². The van der Waals surface area contributed by atoms with Crippen LogP contribution >= 0.6 is 0 Å². The van der Waals surface area contributed by atoms with Gasteiger partial charge in [-0.15, -0.1) is 0 Å². The molecule has 16 heavy (non-hydrogen) atoms. The number of amides is 1. The molecule has 2 heteroatoms. The van der Waals surface area contributed by atoms with Gasteiger partial charge in [0, 0.05) is 13.1 Å². The number of piperidine rings is 1. The first-order valence-corrected chi connectivity index (χ1v) is 6.00. The summed E-state index contributed by atoms with van der Waals surface area (Å²) in [7, 11) is 0. The molecule has 1 fully saturated rings. The summed E-state index contributed by atoms with van der Waals surface area (Å²) in [6.07, 6.45) is 11.6. The predicted octanol–water partition coefficient (Wildman–Crippen LogP) is 3.08. The van der Waals surface area contributed by atoms with Gasteiger partial charge < -0.3 is 4.90 Å². The molecule has 0 aromatic rings. The summed E-state index contributed by atoms with van der Waals surface area (Å²) in [6, 6.07) is 0. The van der Waals surface area contributed by atoms with Crippen molar-refractivity contribution >= 4 is 5.91 Å². The molecule has 0 N–H and O–H groups in total. The average Bonchev–Trinajstić information content (AvgIpc) is 2.31. The fourth-order valence-electron chi connectivity index (χ4n) is 1.97. The third-order valence-corrected chi connectivity index (χ3v) is 2.78. The Kier molecular flexibility index (Phi) is 5.62. The van der Waals surface area contributed by atoms with Crippen LogP contribution in [0.4, 0.5) is 0 Å². The third-order valence-electron chi connectivity index (χ3n) is 2.78. The molecule has 1 heterocycles. The van der Waals surface area contributed by atoms with Crippen LogP contribution in [0, 0.1) is 0 Å². The molecular weight excluding hydrogens is 198 g/mol. The van der Waals surface area contributed by atoms with Crippen molar-refractivity contribution in [2.75, 3.05) is 13.1 Å². The fraction of sp³-hybridized carbons (Fsp3) is 0.500. The van der Waals surface area contributed by atoms with Crippen LogP contribution in [0.5, 0.6) is 0 Å². The van der Waals surface area contributed by atoms with Gasteiger partial charge in [0.1, 0.15) is 0 Å². The van der Waals surface area contributed by atoms with Gasteiger partial charge in [-0.2, -0.15) is 0 Å². The van der Waals surface area contributed by atoms with Crippen LogP contribution in [0.2, 0.25) is 0 Å². The highest BCUT2D eigenvalue weighted by Gasteiger charge is 2.16. The van der Waals surface area contributed by atoms with Crippen molar-refractivity contribution in [2.45, 2.75) is 32.6 Å². The topological polar surface area (TPSA) is 20.3 Å². The summed E-state index contributed by atoms with van der Waals surface area (Å²) in [5, 5.41) is 0. The lowest BCUT2D eigenvalue weighted by molar-refractivity contribution is -0.131. The standard InChI is InChI=1S/C14H21NO/c1-3-8-13(9-4-2)12-14(16)15-10-6-5-7-11-15/h3-4,8-9H,1,5-7,10-12H2,2H3. The van der Waals surface area contributed by atoms with E-state index in [2.05, 4.69) is 6.58 Å². The zero-order valence-corrected chi connectivity index (χ0v) is 10.1. The van der Waals surface area contributed by atoms with Crippen LogP contribution in [-0.4, -0.2) is 23.9 Å². The molecule has 1 rings (SSSR count). The number of carbonyl (C=O) groups is 1. The lowest BCUT2D eigenvalue weighted by atomic mass is 10.1. The Morgan fingerprint density at radius 1 is 1.31 bits per heavy atom. The van der Waals surface area contributed by atoms with Crippen molar-refractivity contribution in [3.05, 3.63) is 36.5 Å². The number of hydrogen-bond acceptors (Lipinski definition) is 1. The van der Waals surface area contributed by atoms with Gasteiger partial charge in [-0.1, -0.05) is 30.9 Å². The molecule has 0 bridgehead atoms. The summed E-state index contributed by atoms with van der Waals surface area (Å²) in [5.41, 5.74) is 1.04. The number of likely N-dealkylation sites (tertiary alicyclic amines) is 1. The Labute approximate surface area is 98.3 Å². The molecule has 1 aliphatic heterocycles.